The van der Waals surface area contributed by atoms with Gasteiger partial charge in [0.25, 0.3) is 0 Å². The molecule has 3 nitrogen and oxygen atoms in total. The fraction of sp³-hybridized carbons (Fsp3) is 0. The highest BCUT2D eigenvalue weighted by atomic mass is 19.1. The number of halogens is 1. The minimum absolute atomic E-state index is 0.205. The first kappa shape index (κ1) is 9.84. The summed E-state index contributed by atoms with van der Waals surface area (Å²) >= 11 is 0. The van der Waals surface area contributed by atoms with E-state index >= 15 is 0 Å². The second kappa shape index (κ2) is 3.59. The monoisotopic (exact) mass is 228 g/mol. The van der Waals surface area contributed by atoms with Crippen molar-refractivity contribution >= 4 is 10.9 Å². The molecule has 4 heteroatoms. The zero-order chi connectivity index (χ0) is 11.8. The van der Waals surface area contributed by atoms with E-state index in [1.54, 1.807) is 41.2 Å². The fourth-order valence-electron chi connectivity index (χ4n) is 1.73. The largest absolute Gasteiger partial charge is 0.508 e. The first-order valence-electron chi connectivity index (χ1n) is 5.17. The van der Waals surface area contributed by atoms with Crippen molar-refractivity contribution in [2.45, 2.75) is 0 Å². The van der Waals surface area contributed by atoms with Crippen LogP contribution in [0.15, 0.2) is 48.7 Å². The Hall–Kier alpha value is -2.36. The van der Waals surface area contributed by atoms with E-state index in [9.17, 15) is 9.50 Å². The van der Waals surface area contributed by atoms with Gasteiger partial charge in [-0.15, -0.1) is 0 Å². The van der Waals surface area contributed by atoms with Crippen molar-refractivity contribution in [1.29, 1.82) is 0 Å². The normalized spacial score (nSPS) is 10.9. The van der Waals surface area contributed by atoms with Gasteiger partial charge in [-0.1, -0.05) is 0 Å². The third-order valence-electron chi connectivity index (χ3n) is 2.58. The van der Waals surface area contributed by atoms with Gasteiger partial charge in [-0.2, -0.15) is 5.10 Å². The predicted molar refractivity (Wildman–Crippen MR) is 62.7 cm³/mol. The number of phenols is 1. The lowest BCUT2D eigenvalue weighted by Crippen LogP contribution is -1.92. The lowest BCUT2D eigenvalue weighted by molar-refractivity contribution is 0.475. The second-order valence-corrected chi connectivity index (χ2v) is 3.79. The van der Waals surface area contributed by atoms with Gasteiger partial charge in [-0.25, -0.2) is 9.07 Å². The van der Waals surface area contributed by atoms with E-state index in [0.717, 1.165) is 16.6 Å². The van der Waals surface area contributed by atoms with Gasteiger partial charge in [0, 0.05) is 11.6 Å². The molecule has 1 aromatic heterocycles. The number of aromatic nitrogens is 2. The zero-order valence-electron chi connectivity index (χ0n) is 8.84. The highest BCUT2D eigenvalue weighted by Crippen LogP contribution is 2.18. The Labute approximate surface area is 96.7 Å². The topological polar surface area (TPSA) is 38.0 Å². The first-order chi connectivity index (χ1) is 8.22. The van der Waals surface area contributed by atoms with Crippen LogP contribution in [0.5, 0.6) is 5.75 Å². The number of hydrogen-bond donors (Lipinski definition) is 1. The van der Waals surface area contributed by atoms with Crippen LogP contribution in [-0.4, -0.2) is 14.9 Å². The van der Waals surface area contributed by atoms with Crippen molar-refractivity contribution in [1.82, 2.24) is 9.78 Å². The molecule has 0 aliphatic rings. The molecule has 0 atom stereocenters. The minimum Gasteiger partial charge on any atom is -0.508 e. The molecule has 0 aliphatic heterocycles. The molecule has 84 valence electrons. The molecule has 0 aliphatic carbocycles. The summed E-state index contributed by atoms with van der Waals surface area (Å²) in [5.41, 5.74) is 1.55. The van der Waals surface area contributed by atoms with Crippen LogP contribution in [0, 0.1) is 5.82 Å². The lowest BCUT2D eigenvalue weighted by atomic mass is 10.2. The van der Waals surface area contributed by atoms with Gasteiger partial charge >= 0.3 is 0 Å². The lowest BCUT2D eigenvalue weighted by Gasteiger charge is -1.99. The Bertz CT molecular complexity index is 673. The third-order valence-corrected chi connectivity index (χ3v) is 2.58. The summed E-state index contributed by atoms with van der Waals surface area (Å²) in [6.07, 6.45) is 1.75. The van der Waals surface area contributed by atoms with E-state index in [1.807, 2.05) is 0 Å². The Balaban J connectivity index is 2.14. The van der Waals surface area contributed by atoms with Gasteiger partial charge in [0.05, 0.1) is 11.2 Å². The van der Waals surface area contributed by atoms with E-state index in [2.05, 4.69) is 5.10 Å². The molecule has 0 bridgehead atoms. The molecular weight excluding hydrogens is 219 g/mol. The number of hydrogen-bond acceptors (Lipinski definition) is 2. The maximum atomic E-state index is 13.0. The Morgan fingerprint density at radius 2 is 1.82 bits per heavy atom. The average Bonchev–Trinajstić information content (AvgIpc) is 2.72. The van der Waals surface area contributed by atoms with Gasteiger partial charge in [-0.3, -0.25) is 0 Å². The fourth-order valence-corrected chi connectivity index (χ4v) is 1.73. The van der Waals surface area contributed by atoms with Gasteiger partial charge in [-0.05, 0) is 42.5 Å². The van der Waals surface area contributed by atoms with E-state index in [-0.39, 0.29) is 11.6 Å². The smallest absolute Gasteiger partial charge is 0.124 e. The summed E-state index contributed by atoms with van der Waals surface area (Å²) in [6.45, 7) is 0. The number of aromatic hydroxyl groups is 1. The van der Waals surface area contributed by atoms with Crippen LogP contribution in [0.25, 0.3) is 16.6 Å². The Morgan fingerprint density at radius 1 is 1.06 bits per heavy atom. The molecule has 17 heavy (non-hydrogen) atoms. The molecule has 1 heterocycles. The highest BCUT2D eigenvalue weighted by Gasteiger charge is 2.03. The van der Waals surface area contributed by atoms with Gasteiger partial charge in [0.1, 0.15) is 11.6 Å². The van der Waals surface area contributed by atoms with Crippen LogP contribution < -0.4 is 0 Å². The van der Waals surface area contributed by atoms with E-state index in [0.29, 0.717) is 0 Å². The van der Waals surface area contributed by atoms with Crippen LogP contribution in [-0.2, 0) is 0 Å². The molecule has 0 unspecified atom stereocenters. The molecule has 0 saturated heterocycles. The molecule has 2 aromatic carbocycles. The molecular formula is C13H9FN2O. The maximum absolute atomic E-state index is 13.0. The second-order valence-electron chi connectivity index (χ2n) is 3.79. The summed E-state index contributed by atoms with van der Waals surface area (Å²) in [4.78, 5) is 0. The summed E-state index contributed by atoms with van der Waals surface area (Å²) in [5.74, 6) is -0.0701. The highest BCUT2D eigenvalue weighted by molar-refractivity contribution is 5.78. The zero-order valence-corrected chi connectivity index (χ0v) is 8.84. The number of benzene rings is 2. The SMILES string of the molecule is Oc1ccc(-n2cc3cc(F)ccc3n2)cc1. The van der Waals surface area contributed by atoms with Crippen LogP contribution in [0.3, 0.4) is 0 Å². The van der Waals surface area contributed by atoms with Crippen LogP contribution in [0.1, 0.15) is 0 Å². The summed E-state index contributed by atoms with van der Waals surface area (Å²) in [7, 11) is 0. The molecule has 0 radical (unpaired) electrons. The maximum Gasteiger partial charge on any atom is 0.124 e. The average molecular weight is 228 g/mol. The number of fused-ring (bicyclic) bond motifs is 1. The van der Waals surface area contributed by atoms with Crippen LogP contribution in [0.4, 0.5) is 4.39 Å². The van der Waals surface area contributed by atoms with Crippen molar-refractivity contribution in [2.75, 3.05) is 0 Å². The van der Waals surface area contributed by atoms with Crippen molar-refractivity contribution in [3.8, 4) is 11.4 Å². The van der Waals surface area contributed by atoms with E-state index in [4.69, 9.17) is 0 Å². The summed E-state index contributed by atoms with van der Waals surface area (Å²) < 4.78 is 14.7. The van der Waals surface area contributed by atoms with Crippen molar-refractivity contribution in [3.05, 3.63) is 54.5 Å². The number of phenolic OH excluding ortho intramolecular Hbond substituents is 1. The quantitative estimate of drug-likeness (QED) is 0.695. The van der Waals surface area contributed by atoms with Crippen LogP contribution >= 0.6 is 0 Å². The molecule has 3 aromatic rings. The van der Waals surface area contributed by atoms with Crippen LogP contribution in [0.2, 0.25) is 0 Å². The van der Waals surface area contributed by atoms with Crippen molar-refractivity contribution in [3.63, 3.8) is 0 Å². The van der Waals surface area contributed by atoms with E-state index in [1.165, 1.54) is 12.1 Å². The number of nitrogens with zero attached hydrogens (tertiary/aromatic N) is 2. The van der Waals surface area contributed by atoms with E-state index < -0.39 is 0 Å². The number of rotatable bonds is 1. The van der Waals surface area contributed by atoms with Crippen molar-refractivity contribution < 1.29 is 9.50 Å². The van der Waals surface area contributed by atoms with Crippen molar-refractivity contribution in [2.24, 2.45) is 0 Å². The standard InChI is InChI=1S/C13H9FN2O/c14-10-1-6-13-9(7-10)8-16(15-13)11-2-4-12(17)5-3-11/h1-8,17H. The van der Waals surface area contributed by atoms with Gasteiger partial charge < -0.3 is 5.11 Å². The molecule has 1 N–H and O–H groups in total. The minimum atomic E-state index is -0.275. The molecule has 0 spiro atoms. The Kier molecular flexibility index (Phi) is 2.08. The van der Waals surface area contributed by atoms with Gasteiger partial charge in [0.15, 0.2) is 0 Å². The third kappa shape index (κ3) is 1.73. The van der Waals surface area contributed by atoms with Gasteiger partial charge in [0.2, 0.25) is 0 Å². The predicted octanol–water partition coefficient (Wildman–Crippen LogP) is 2.87. The molecule has 0 amide bonds. The summed E-state index contributed by atoms with van der Waals surface area (Å²) in [6, 6.07) is 11.1. The molecule has 0 fully saturated rings. The molecule has 3 rings (SSSR count). The Morgan fingerprint density at radius 3 is 2.59 bits per heavy atom. The molecule has 0 saturated carbocycles. The summed E-state index contributed by atoms with van der Waals surface area (Å²) in [5, 5.41) is 14.3. The first-order valence-corrected chi connectivity index (χ1v) is 5.17.